The number of ether oxygens (including phenoxy) is 1. The molecule has 0 fully saturated rings. The number of nitrogens with zero attached hydrogens (tertiary/aromatic N) is 3. The first-order valence-electron chi connectivity index (χ1n) is 10.4. The number of anilines is 2. The average Bonchev–Trinajstić information content (AvgIpc) is 3.27. The molecule has 2 amide bonds. The Balaban J connectivity index is 1.31. The van der Waals surface area contributed by atoms with Crippen LogP contribution in [0, 0.1) is 6.92 Å². The standard InChI is InChI=1S/C24H22N4O4S/c1-16-7-9-17(10-8-16)25-21(29)13-22-26-18(15-33-22)14-32-24(31)20-11-12-23(30)28(27-20)19-5-3-2-4-6-19/h2-10,15H,11-14H2,1H3,(H,25,29). The van der Waals surface area contributed by atoms with Crippen LogP contribution in [0.15, 0.2) is 65.1 Å². The Labute approximate surface area is 194 Å². The number of aromatic nitrogens is 1. The van der Waals surface area contributed by atoms with Gasteiger partial charge in [-0.3, -0.25) is 9.59 Å². The third-order valence-electron chi connectivity index (χ3n) is 4.87. The van der Waals surface area contributed by atoms with E-state index in [-0.39, 0.29) is 43.4 Å². The van der Waals surface area contributed by atoms with E-state index >= 15 is 0 Å². The van der Waals surface area contributed by atoms with Gasteiger partial charge in [0.1, 0.15) is 17.3 Å². The largest absolute Gasteiger partial charge is 0.455 e. The van der Waals surface area contributed by atoms with Crippen molar-refractivity contribution in [1.29, 1.82) is 0 Å². The lowest BCUT2D eigenvalue weighted by atomic mass is 10.1. The molecule has 33 heavy (non-hydrogen) atoms. The van der Waals surface area contributed by atoms with Crippen molar-refractivity contribution in [2.24, 2.45) is 5.10 Å². The number of hydrogen-bond donors (Lipinski definition) is 1. The fourth-order valence-electron chi connectivity index (χ4n) is 3.17. The number of amides is 2. The number of rotatable bonds is 7. The maximum absolute atomic E-state index is 12.5. The number of benzene rings is 2. The molecule has 0 bridgehead atoms. The molecular weight excluding hydrogens is 440 g/mol. The lowest BCUT2D eigenvalue weighted by molar-refractivity contribution is -0.137. The Morgan fingerprint density at radius 3 is 2.61 bits per heavy atom. The highest BCUT2D eigenvalue weighted by Gasteiger charge is 2.26. The summed E-state index contributed by atoms with van der Waals surface area (Å²) in [4.78, 5) is 41.3. The molecule has 4 rings (SSSR count). The van der Waals surface area contributed by atoms with Crippen LogP contribution in [0.3, 0.4) is 0 Å². The molecule has 0 spiro atoms. The Kier molecular flexibility index (Phi) is 6.89. The maximum atomic E-state index is 12.5. The number of hydrazone groups is 1. The summed E-state index contributed by atoms with van der Waals surface area (Å²) in [6.45, 7) is 1.95. The summed E-state index contributed by atoms with van der Waals surface area (Å²) in [5, 5.41) is 10.6. The van der Waals surface area contributed by atoms with Crippen molar-refractivity contribution in [2.45, 2.75) is 32.8 Å². The SMILES string of the molecule is Cc1ccc(NC(=O)Cc2nc(COC(=O)C3=NN(c4ccccc4)C(=O)CC3)cs2)cc1. The summed E-state index contributed by atoms with van der Waals surface area (Å²) in [5.41, 5.74) is 3.18. The highest BCUT2D eigenvalue weighted by Crippen LogP contribution is 2.20. The lowest BCUT2D eigenvalue weighted by Gasteiger charge is -2.22. The molecule has 1 aliphatic rings. The van der Waals surface area contributed by atoms with Crippen molar-refractivity contribution >= 4 is 46.2 Å². The molecule has 0 aliphatic carbocycles. The third-order valence-corrected chi connectivity index (χ3v) is 5.76. The zero-order chi connectivity index (χ0) is 23.2. The second-order valence-corrected chi connectivity index (χ2v) is 8.43. The fraction of sp³-hybridized carbons (Fsp3) is 0.208. The van der Waals surface area contributed by atoms with Crippen LogP contribution in [0.4, 0.5) is 11.4 Å². The van der Waals surface area contributed by atoms with Gasteiger partial charge in [0.2, 0.25) is 11.8 Å². The minimum absolute atomic E-state index is 0.0345. The highest BCUT2D eigenvalue weighted by molar-refractivity contribution is 7.09. The predicted octanol–water partition coefficient (Wildman–Crippen LogP) is 3.86. The molecule has 0 unspecified atom stereocenters. The summed E-state index contributed by atoms with van der Waals surface area (Å²) in [6, 6.07) is 16.5. The number of carbonyl (C=O) groups excluding carboxylic acids is 3. The normalized spacial score (nSPS) is 13.4. The number of para-hydroxylation sites is 1. The molecular formula is C24H22N4O4S. The zero-order valence-electron chi connectivity index (χ0n) is 18.0. The van der Waals surface area contributed by atoms with Crippen molar-refractivity contribution in [1.82, 2.24) is 4.98 Å². The Morgan fingerprint density at radius 2 is 1.85 bits per heavy atom. The second-order valence-electron chi connectivity index (χ2n) is 7.49. The van der Waals surface area contributed by atoms with Crippen molar-refractivity contribution in [2.75, 3.05) is 10.3 Å². The van der Waals surface area contributed by atoms with Gasteiger partial charge in [0.15, 0.2) is 0 Å². The van der Waals surface area contributed by atoms with Crippen LogP contribution in [-0.4, -0.2) is 28.5 Å². The van der Waals surface area contributed by atoms with Crippen LogP contribution in [0.25, 0.3) is 0 Å². The first-order chi connectivity index (χ1) is 16.0. The smallest absolute Gasteiger partial charge is 0.354 e. The molecule has 168 valence electrons. The minimum atomic E-state index is -0.588. The molecule has 0 saturated carbocycles. The molecule has 1 aromatic heterocycles. The summed E-state index contributed by atoms with van der Waals surface area (Å²) < 4.78 is 5.35. The Bertz CT molecular complexity index is 1190. The maximum Gasteiger partial charge on any atom is 0.354 e. The Hall–Kier alpha value is -3.85. The molecule has 1 N–H and O–H groups in total. The summed E-state index contributed by atoms with van der Waals surface area (Å²) in [6.07, 6.45) is 0.537. The monoisotopic (exact) mass is 462 g/mol. The van der Waals surface area contributed by atoms with Crippen LogP contribution in [0.5, 0.6) is 0 Å². The van der Waals surface area contributed by atoms with Gasteiger partial charge in [-0.1, -0.05) is 35.9 Å². The van der Waals surface area contributed by atoms with Crippen LogP contribution in [0.2, 0.25) is 0 Å². The van der Waals surface area contributed by atoms with Gasteiger partial charge in [-0.25, -0.2) is 14.8 Å². The number of hydrogen-bond acceptors (Lipinski definition) is 7. The molecule has 1 aliphatic heterocycles. The van der Waals surface area contributed by atoms with Crippen molar-refractivity contribution in [3.63, 3.8) is 0 Å². The van der Waals surface area contributed by atoms with Gasteiger partial charge in [-0.05, 0) is 31.2 Å². The number of aryl methyl sites for hydroxylation is 1. The van der Waals surface area contributed by atoms with Gasteiger partial charge < -0.3 is 10.1 Å². The first kappa shape index (κ1) is 22.3. The number of nitrogens with one attached hydrogen (secondary N) is 1. The minimum Gasteiger partial charge on any atom is -0.455 e. The zero-order valence-corrected chi connectivity index (χ0v) is 18.8. The molecule has 2 heterocycles. The molecule has 0 saturated heterocycles. The van der Waals surface area contributed by atoms with E-state index in [1.165, 1.54) is 16.3 Å². The van der Waals surface area contributed by atoms with Gasteiger partial charge in [-0.15, -0.1) is 11.3 Å². The summed E-state index contributed by atoms with van der Waals surface area (Å²) in [7, 11) is 0. The van der Waals surface area contributed by atoms with E-state index in [9.17, 15) is 14.4 Å². The molecule has 2 aromatic carbocycles. The number of thiazole rings is 1. The van der Waals surface area contributed by atoms with Gasteiger partial charge >= 0.3 is 5.97 Å². The second kappa shape index (κ2) is 10.2. The summed E-state index contributed by atoms with van der Waals surface area (Å²) in [5.74, 6) is -0.931. The molecule has 9 heteroatoms. The van der Waals surface area contributed by atoms with Crippen molar-refractivity contribution in [3.05, 3.63) is 76.2 Å². The van der Waals surface area contributed by atoms with Gasteiger partial charge in [-0.2, -0.15) is 5.10 Å². The summed E-state index contributed by atoms with van der Waals surface area (Å²) >= 11 is 1.33. The van der Waals surface area contributed by atoms with E-state index in [0.717, 1.165) is 11.3 Å². The number of esters is 1. The van der Waals surface area contributed by atoms with E-state index in [0.29, 0.717) is 16.4 Å². The van der Waals surface area contributed by atoms with Crippen molar-refractivity contribution in [3.8, 4) is 0 Å². The van der Waals surface area contributed by atoms with Crippen LogP contribution in [0.1, 0.15) is 29.1 Å². The van der Waals surface area contributed by atoms with E-state index in [1.807, 2.05) is 37.3 Å². The van der Waals surface area contributed by atoms with E-state index < -0.39 is 5.97 Å². The Morgan fingerprint density at radius 1 is 1.09 bits per heavy atom. The van der Waals surface area contributed by atoms with E-state index in [2.05, 4.69) is 15.4 Å². The molecule has 8 nitrogen and oxygen atoms in total. The van der Waals surface area contributed by atoms with E-state index in [4.69, 9.17) is 4.74 Å². The lowest BCUT2D eigenvalue weighted by Crippen LogP contribution is -2.34. The first-order valence-corrected chi connectivity index (χ1v) is 11.3. The van der Waals surface area contributed by atoms with Crippen LogP contribution < -0.4 is 10.3 Å². The van der Waals surface area contributed by atoms with Crippen LogP contribution >= 0.6 is 11.3 Å². The molecule has 3 aromatic rings. The quantitative estimate of drug-likeness (QED) is 0.538. The number of carbonyl (C=O) groups is 3. The van der Waals surface area contributed by atoms with Crippen LogP contribution in [-0.2, 0) is 32.1 Å². The van der Waals surface area contributed by atoms with Gasteiger partial charge in [0, 0.05) is 23.9 Å². The molecule has 0 atom stereocenters. The van der Waals surface area contributed by atoms with Crippen molar-refractivity contribution < 1.29 is 19.1 Å². The molecule has 0 radical (unpaired) electrons. The van der Waals surface area contributed by atoms with Gasteiger partial charge in [0.25, 0.3) is 0 Å². The van der Waals surface area contributed by atoms with Gasteiger partial charge in [0.05, 0.1) is 17.8 Å². The highest BCUT2D eigenvalue weighted by atomic mass is 32.1. The van der Waals surface area contributed by atoms with E-state index in [1.54, 1.807) is 29.6 Å². The third kappa shape index (κ3) is 5.89. The topological polar surface area (TPSA) is 101 Å². The average molecular weight is 463 g/mol. The fourth-order valence-corrected chi connectivity index (χ4v) is 3.95. The predicted molar refractivity (Wildman–Crippen MR) is 126 cm³/mol.